The van der Waals surface area contributed by atoms with E-state index in [1.54, 1.807) is 23.4 Å². The van der Waals surface area contributed by atoms with Gasteiger partial charge < -0.3 is 40.8 Å². The summed E-state index contributed by atoms with van der Waals surface area (Å²) < 4.78 is 47.2. The third-order valence-corrected chi connectivity index (χ3v) is 16.5. The summed E-state index contributed by atoms with van der Waals surface area (Å²) in [6.07, 6.45) is 3.53. The fourth-order valence-corrected chi connectivity index (χ4v) is 11.7. The van der Waals surface area contributed by atoms with Crippen LogP contribution in [0.2, 0.25) is 5.02 Å². The number of fused-ring (bicyclic) bond motifs is 2. The number of piperidine rings is 3. The number of benzene rings is 4. The minimum absolute atomic E-state index is 0.0160. The number of aromatic amines is 1. The van der Waals surface area contributed by atoms with E-state index in [1.807, 2.05) is 65.7 Å². The molecule has 0 bridgehead atoms. The summed E-state index contributed by atoms with van der Waals surface area (Å²) in [6, 6.07) is 25.2. The molecule has 0 unspecified atom stereocenters. The first kappa shape index (κ1) is 54.7. The van der Waals surface area contributed by atoms with Gasteiger partial charge in [-0.05, 0) is 115 Å². The predicted molar refractivity (Wildman–Crippen MR) is 293 cm³/mol. The molecule has 4 fully saturated rings. The summed E-state index contributed by atoms with van der Waals surface area (Å²) in [5.41, 5.74) is 8.68. The average molecular weight is 1090 g/mol. The highest BCUT2D eigenvalue weighted by Crippen LogP contribution is 2.37. The number of nitrogens with two attached hydrogens (primary N) is 1. The monoisotopic (exact) mass is 1090 g/mol. The van der Waals surface area contributed by atoms with Gasteiger partial charge in [0.2, 0.25) is 11.8 Å². The van der Waals surface area contributed by atoms with Crippen molar-refractivity contribution in [1.29, 1.82) is 0 Å². The molecular formula is C58H67ClF3N11O5. The number of piperazine rings is 1. The lowest BCUT2D eigenvalue weighted by Crippen LogP contribution is -2.60. The van der Waals surface area contributed by atoms with Gasteiger partial charge in [-0.1, -0.05) is 60.1 Å². The van der Waals surface area contributed by atoms with Crippen molar-refractivity contribution in [2.24, 2.45) is 5.73 Å². The minimum atomic E-state index is -4.52. The van der Waals surface area contributed by atoms with Crippen LogP contribution in [0.3, 0.4) is 0 Å². The van der Waals surface area contributed by atoms with E-state index < -0.39 is 17.3 Å². The van der Waals surface area contributed by atoms with Crippen molar-refractivity contribution in [2.75, 3.05) is 96.6 Å². The molecule has 412 valence electrons. The first-order chi connectivity index (χ1) is 37.7. The highest BCUT2D eigenvalue weighted by Gasteiger charge is 2.40. The molecule has 4 aromatic carbocycles. The number of hydrogen-bond donors (Lipinski definition) is 4. The van der Waals surface area contributed by atoms with E-state index in [9.17, 15) is 32.3 Å². The minimum Gasteiger partial charge on any atom is -0.376 e. The number of carbonyl (C=O) groups is 4. The summed E-state index contributed by atoms with van der Waals surface area (Å²) in [5, 5.41) is 8.13. The van der Waals surface area contributed by atoms with Gasteiger partial charge in [0.25, 0.3) is 11.8 Å². The van der Waals surface area contributed by atoms with Gasteiger partial charge in [0.05, 0.1) is 41.8 Å². The average Bonchev–Trinajstić information content (AvgIpc) is 4.04. The van der Waals surface area contributed by atoms with E-state index in [1.165, 1.54) is 18.2 Å². The molecule has 1 atom stereocenters. The number of anilines is 1. The van der Waals surface area contributed by atoms with E-state index in [4.69, 9.17) is 22.1 Å². The molecule has 4 aliphatic heterocycles. The van der Waals surface area contributed by atoms with Gasteiger partial charge in [0.15, 0.2) is 0 Å². The molecule has 78 heavy (non-hydrogen) atoms. The van der Waals surface area contributed by atoms with Gasteiger partial charge in [0.1, 0.15) is 17.8 Å². The molecule has 6 heterocycles. The maximum atomic E-state index is 14.0. The molecular weight excluding hydrogens is 1020 g/mol. The van der Waals surface area contributed by atoms with Crippen molar-refractivity contribution < 1.29 is 37.1 Å². The molecule has 0 spiro atoms. The zero-order chi connectivity index (χ0) is 54.4. The largest absolute Gasteiger partial charge is 0.417 e. The number of carbonyl (C=O) groups excluding carboxylic acids is 4. The van der Waals surface area contributed by atoms with Crippen LogP contribution in [0.1, 0.15) is 94.3 Å². The Bertz CT molecular complexity index is 3060. The van der Waals surface area contributed by atoms with Crippen LogP contribution in [0.15, 0.2) is 104 Å². The highest BCUT2D eigenvalue weighted by atomic mass is 35.5. The standard InChI is InChI=1S/C58H67ClF3N11O5/c59-43-13-11-41(12-14-43)50(68-56(77)57(63)21-30-72(31-22-57)53-48-15-23-64-52(48)66-38-67-53)20-27-69-32-34-71(35-33-69)51(74)37-70-25-18-44(19-26-70)78-36-24-65-54(75)42-9-7-39(8-10-42)40-16-28-73(29-17-40)55(76)47-5-1-4-46-45(47)3-2-6-49(46)58(60,61)62/h1-15,23,38,40,44,50H,16-22,24-37,63H2,(H,65,75)(H,68,77)(H,64,66,67)/t50-/m0/s1. The lowest BCUT2D eigenvalue weighted by molar-refractivity contribution is -0.136. The number of nitrogens with one attached hydrogen (secondary N) is 3. The Kier molecular flexibility index (Phi) is 16.9. The highest BCUT2D eigenvalue weighted by molar-refractivity contribution is 6.30. The van der Waals surface area contributed by atoms with Crippen LogP contribution in [-0.2, 0) is 20.5 Å². The van der Waals surface area contributed by atoms with Gasteiger partial charge in [-0.3, -0.25) is 29.0 Å². The van der Waals surface area contributed by atoms with Crippen molar-refractivity contribution >= 4 is 62.9 Å². The lowest BCUT2D eigenvalue weighted by atomic mass is 9.87. The number of aromatic nitrogens is 3. The van der Waals surface area contributed by atoms with Crippen LogP contribution in [-0.4, -0.2) is 162 Å². The molecule has 16 nitrogen and oxygen atoms in total. The number of ether oxygens (including phenoxy) is 1. The topological polar surface area (TPSA) is 185 Å². The van der Waals surface area contributed by atoms with Crippen molar-refractivity contribution in [2.45, 2.75) is 74.7 Å². The second kappa shape index (κ2) is 24.2. The second-order valence-corrected chi connectivity index (χ2v) is 21.6. The fourth-order valence-electron chi connectivity index (χ4n) is 11.6. The number of nitrogens with zero attached hydrogens (tertiary/aromatic N) is 7. The van der Waals surface area contributed by atoms with Gasteiger partial charge in [-0.2, -0.15) is 13.2 Å². The Morgan fingerprint density at radius 1 is 0.769 bits per heavy atom. The van der Waals surface area contributed by atoms with Crippen LogP contribution in [0.4, 0.5) is 19.0 Å². The zero-order valence-electron chi connectivity index (χ0n) is 43.7. The first-order valence-corrected chi connectivity index (χ1v) is 27.6. The number of amides is 4. The number of alkyl halides is 3. The van der Waals surface area contributed by atoms with Gasteiger partial charge >= 0.3 is 6.18 Å². The molecule has 10 rings (SSSR count). The normalized spacial score (nSPS) is 18.6. The number of H-pyrrole nitrogens is 1. The summed E-state index contributed by atoms with van der Waals surface area (Å²) in [7, 11) is 0. The molecule has 20 heteroatoms. The van der Waals surface area contributed by atoms with Crippen LogP contribution >= 0.6 is 11.6 Å². The quantitative estimate of drug-likeness (QED) is 0.0709. The van der Waals surface area contributed by atoms with Crippen molar-refractivity contribution in [3.05, 3.63) is 136 Å². The first-order valence-electron chi connectivity index (χ1n) is 27.2. The van der Waals surface area contributed by atoms with Gasteiger partial charge in [0, 0.05) is 101 Å². The van der Waals surface area contributed by atoms with Crippen LogP contribution < -0.4 is 21.3 Å². The van der Waals surface area contributed by atoms with E-state index in [0.717, 1.165) is 79.6 Å². The maximum absolute atomic E-state index is 14.0. The van der Waals surface area contributed by atoms with Crippen LogP contribution in [0, 0.1) is 0 Å². The number of halogens is 4. The van der Waals surface area contributed by atoms with E-state index in [-0.39, 0.29) is 52.6 Å². The van der Waals surface area contributed by atoms with Gasteiger partial charge in [-0.15, -0.1) is 0 Å². The molecule has 6 aromatic rings. The van der Waals surface area contributed by atoms with E-state index in [2.05, 4.69) is 40.3 Å². The van der Waals surface area contributed by atoms with Gasteiger partial charge in [-0.25, -0.2) is 9.97 Å². The zero-order valence-corrected chi connectivity index (χ0v) is 44.4. The number of likely N-dealkylation sites (tertiary alicyclic amines) is 2. The Morgan fingerprint density at radius 2 is 1.47 bits per heavy atom. The third-order valence-electron chi connectivity index (χ3n) is 16.3. The summed E-state index contributed by atoms with van der Waals surface area (Å²) in [6.45, 7) is 8.21. The van der Waals surface area contributed by atoms with Crippen molar-refractivity contribution in [3.8, 4) is 0 Å². The molecule has 4 aliphatic rings. The van der Waals surface area contributed by atoms with E-state index >= 15 is 0 Å². The molecule has 0 saturated carbocycles. The Balaban J connectivity index is 0.603. The van der Waals surface area contributed by atoms with Crippen LogP contribution in [0.5, 0.6) is 0 Å². The molecule has 5 N–H and O–H groups in total. The molecule has 0 radical (unpaired) electrons. The molecule has 4 amide bonds. The SMILES string of the molecule is NC1(C(=O)N[C@@H](CCN2CCN(C(=O)CN3CCC(OCCNC(=O)c4ccc(C5CCN(C(=O)c6cccc7c(C(F)(F)F)cccc67)CC5)cc4)CC3)CC2)c2ccc(Cl)cc2)CCN(c2ncnc3[nH]ccc23)CC1. The summed E-state index contributed by atoms with van der Waals surface area (Å²) in [4.78, 5) is 76.4. The Hall–Kier alpha value is -6.64. The summed E-state index contributed by atoms with van der Waals surface area (Å²) >= 11 is 6.26. The Labute approximate surface area is 456 Å². The van der Waals surface area contributed by atoms with Crippen molar-refractivity contribution in [3.63, 3.8) is 0 Å². The number of rotatable bonds is 16. The maximum Gasteiger partial charge on any atom is 0.417 e. The molecule has 2 aromatic heterocycles. The predicted octanol–water partition coefficient (Wildman–Crippen LogP) is 7.40. The van der Waals surface area contributed by atoms with Crippen molar-refractivity contribution in [1.82, 2.24) is 45.2 Å². The second-order valence-electron chi connectivity index (χ2n) is 21.2. The third kappa shape index (κ3) is 12.8. The van der Waals surface area contributed by atoms with Crippen LogP contribution in [0.25, 0.3) is 21.8 Å². The summed E-state index contributed by atoms with van der Waals surface area (Å²) in [5.74, 6) is 0.503. The smallest absolute Gasteiger partial charge is 0.376 e. The Morgan fingerprint density at radius 3 is 2.19 bits per heavy atom. The fraction of sp³-hybridized carbons (Fsp3) is 0.448. The molecule has 0 aliphatic carbocycles. The molecule has 4 saturated heterocycles. The lowest BCUT2D eigenvalue weighted by Gasteiger charge is -2.40. The van der Waals surface area contributed by atoms with E-state index in [0.29, 0.717) is 107 Å². The number of hydrogen-bond acceptors (Lipinski definition) is 11.